The van der Waals surface area contributed by atoms with Crippen molar-refractivity contribution in [2.45, 2.75) is 87.7 Å². The lowest BCUT2D eigenvalue weighted by atomic mass is 9.84. The number of sulfonamides is 1. The van der Waals surface area contributed by atoms with E-state index in [0.717, 1.165) is 4.31 Å². The first-order chi connectivity index (χ1) is 23.7. The van der Waals surface area contributed by atoms with Crippen LogP contribution in [0.15, 0.2) is 89.8 Å². The Morgan fingerprint density at radius 1 is 0.880 bits per heavy atom. The summed E-state index contributed by atoms with van der Waals surface area (Å²) < 4.78 is 76.9. The number of aliphatic hydroxyl groups is 3. The van der Waals surface area contributed by atoms with E-state index >= 15 is 0 Å². The predicted octanol–water partition coefficient (Wildman–Crippen LogP) is 4.51. The average molecular weight is 724 g/mol. The van der Waals surface area contributed by atoms with Crippen LogP contribution in [-0.4, -0.2) is 84.9 Å². The molecular weight excluding hydrogens is 675 g/mol. The average Bonchev–Trinajstić information content (AvgIpc) is 3.10. The Morgan fingerprint density at radius 3 is 1.90 bits per heavy atom. The third kappa shape index (κ3) is 11.6. The van der Waals surface area contributed by atoms with Gasteiger partial charge in [0.1, 0.15) is 12.1 Å². The largest absolute Gasteiger partial charge is 0.408 e. The Kier molecular flexibility index (Phi) is 15.8. The molecule has 3 aromatic rings. The molecule has 3 rings (SSSR count). The second-order valence-electron chi connectivity index (χ2n) is 12.5. The van der Waals surface area contributed by atoms with E-state index < -0.39 is 65.6 Å². The number of amides is 1. The highest BCUT2D eigenvalue weighted by molar-refractivity contribution is 7.89. The summed E-state index contributed by atoms with van der Waals surface area (Å²) in [5, 5.41) is 34.7. The van der Waals surface area contributed by atoms with Crippen molar-refractivity contribution in [3.05, 3.63) is 102 Å². The maximum Gasteiger partial charge on any atom is 0.408 e. The van der Waals surface area contributed by atoms with Crippen molar-refractivity contribution < 1.29 is 46.4 Å². The van der Waals surface area contributed by atoms with Crippen LogP contribution in [0.5, 0.6) is 0 Å². The van der Waals surface area contributed by atoms with Gasteiger partial charge < -0.3 is 25.4 Å². The minimum atomic E-state index is -4.87. The van der Waals surface area contributed by atoms with Gasteiger partial charge >= 0.3 is 6.18 Å². The number of benzene rings is 3. The number of nitrogens with zero attached hydrogens (tertiary/aromatic N) is 1. The Balaban J connectivity index is 1.86. The van der Waals surface area contributed by atoms with Crippen LogP contribution in [0.4, 0.5) is 13.2 Å². The summed E-state index contributed by atoms with van der Waals surface area (Å²) in [6.45, 7) is 2.92. The molecule has 4 atom stereocenters. The molecule has 0 radical (unpaired) electrons. The van der Waals surface area contributed by atoms with Crippen molar-refractivity contribution in [1.29, 1.82) is 0 Å². The van der Waals surface area contributed by atoms with E-state index in [2.05, 4.69) is 10.6 Å². The number of hydrogen-bond donors (Lipinski definition) is 5. The van der Waals surface area contributed by atoms with E-state index in [1.165, 1.54) is 31.4 Å². The van der Waals surface area contributed by atoms with Crippen LogP contribution in [0, 0.1) is 5.92 Å². The van der Waals surface area contributed by atoms with Gasteiger partial charge in [-0.1, -0.05) is 86.6 Å². The maximum atomic E-state index is 14.5. The molecular formula is C36H48F3N3O7S. The SMILES string of the molecule is COC(O)N[C@H](C(=O)N[C@H](CCC[C@@H](CO)N(CCC(C)C)S(=O)(=O)c1ccc(CO)cc1)C(F)(F)F)C(c1ccccc1)c1ccccc1. The van der Waals surface area contributed by atoms with Gasteiger partial charge in [-0.05, 0) is 60.4 Å². The van der Waals surface area contributed by atoms with Gasteiger partial charge in [-0.3, -0.25) is 10.1 Å². The second kappa shape index (κ2) is 19.3. The van der Waals surface area contributed by atoms with Crippen LogP contribution in [0.25, 0.3) is 0 Å². The third-order valence-electron chi connectivity index (χ3n) is 8.48. The van der Waals surface area contributed by atoms with E-state index in [1.54, 1.807) is 60.7 Å². The summed E-state index contributed by atoms with van der Waals surface area (Å²) >= 11 is 0. The summed E-state index contributed by atoms with van der Waals surface area (Å²) in [5.41, 5.74) is 1.72. The smallest absolute Gasteiger partial charge is 0.395 e. The topological polar surface area (TPSA) is 148 Å². The van der Waals surface area contributed by atoms with Gasteiger partial charge in [0.25, 0.3) is 0 Å². The molecule has 14 heteroatoms. The molecule has 0 aliphatic heterocycles. The molecule has 0 spiro atoms. The Bertz CT molecular complexity index is 1510. The number of carbonyl (C=O) groups is 1. The number of ether oxygens (including phenoxy) is 1. The second-order valence-corrected chi connectivity index (χ2v) is 14.4. The lowest BCUT2D eigenvalue weighted by Crippen LogP contribution is -2.56. The standard InChI is InChI=1S/C36H48F3N3O7S/c1-25(2)21-22-42(50(47,48)30-19-17-26(23-43)18-20-30)29(24-44)15-10-16-31(36(37,38)39)40-34(45)33(41-35(46)49-3)32(27-11-6-4-7-12-27)28-13-8-5-9-14-28/h4-9,11-14,17-20,25,29,31-33,35,41,43-44,46H,10,15-16,21-24H2,1-3H3,(H,40,45)/t29-,31+,33-,35?/m0/s1. The fourth-order valence-electron chi connectivity index (χ4n) is 5.69. The first-order valence-electron chi connectivity index (χ1n) is 16.5. The number of alkyl halides is 3. The Morgan fingerprint density at radius 2 is 1.44 bits per heavy atom. The van der Waals surface area contributed by atoms with Gasteiger partial charge in [0.15, 0.2) is 0 Å². The zero-order valence-corrected chi connectivity index (χ0v) is 29.3. The first kappa shape index (κ1) is 41.1. The quantitative estimate of drug-likeness (QED) is 0.107. The molecule has 0 bridgehead atoms. The highest BCUT2D eigenvalue weighted by atomic mass is 32.2. The van der Waals surface area contributed by atoms with E-state index in [1.807, 2.05) is 13.8 Å². The summed E-state index contributed by atoms with van der Waals surface area (Å²) in [4.78, 5) is 13.7. The number of rotatable bonds is 20. The maximum absolute atomic E-state index is 14.5. The van der Waals surface area contributed by atoms with Crippen LogP contribution in [0.1, 0.15) is 62.1 Å². The lowest BCUT2D eigenvalue weighted by Gasteiger charge is -2.32. The minimum absolute atomic E-state index is 0.0297. The van der Waals surface area contributed by atoms with Crippen LogP contribution in [0.3, 0.4) is 0 Å². The zero-order valence-electron chi connectivity index (χ0n) is 28.5. The number of aliphatic hydroxyl groups excluding tert-OH is 3. The normalized spacial score (nSPS) is 14.9. The van der Waals surface area contributed by atoms with Crippen LogP contribution in [-0.2, 0) is 26.2 Å². The molecule has 5 N–H and O–H groups in total. The van der Waals surface area contributed by atoms with Crippen molar-refractivity contribution >= 4 is 15.9 Å². The molecule has 0 fully saturated rings. The number of nitrogens with one attached hydrogen (secondary N) is 2. The molecule has 3 aromatic carbocycles. The molecule has 1 unspecified atom stereocenters. The highest BCUT2D eigenvalue weighted by Crippen LogP contribution is 2.31. The zero-order chi connectivity index (χ0) is 36.9. The van der Waals surface area contributed by atoms with Crippen molar-refractivity contribution in [3.63, 3.8) is 0 Å². The molecule has 276 valence electrons. The summed E-state index contributed by atoms with van der Waals surface area (Å²) in [6, 6.07) is 18.2. The summed E-state index contributed by atoms with van der Waals surface area (Å²) in [7, 11) is -2.98. The molecule has 50 heavy (non-hydrogen) atoms. The third-order valence-corrected chi connectivity index (χ3v) is 10.4. The van der Waals surface area contributed by atoms with Gasteiger partial charge in [0.05, 0.1) is 18.1 Å². The van der Waals surface area contributed by atoms with Gasteiger partial charge in [0, 0.05) is 25.6 Å². The molecule has 0 heterocycles. The van der Waals surface area contributed by atoms with Gasteiger partial charge in [0.2, 0.25) is 22.3 Å². The highest BCUT2D eigenvalue weighted by Gasteiger charge is 2.43. The molecule has 10 nitrogen and oxygen atoms in total. The summed E-state index contributed by atoms with van der Waals surface area (Å²) in [6.07, 6.45) is -7.01. The molecule has 0 saturated carbocycles. The molecule has 0 aromatic heterocycles. The van der Waals surface area contributed by atoms with Gasteiger partial charge in [-0.25, -0.2) is 8.42 Å². The molecule has 1 amide bonds. The molecule has 0 saturated heterocycles. The number of carbonyl (C=O) groups excluding carboxylic acids is 1. The van der Waals surface area contributed by atoms with Crippen LogP contribution >= 0.6 is 0 Å². The number of halogens is 3. The monoisotopic (exact) mass is 723 g/mol. The van der Waals surface area contributed by atoms with E-state index in [0.29, 0.717) is 23.1 Å². The number of hydrogen-bond acceptors (Lipinski definition) is 8. The Labute approximate surface area is 292 Å². The van der Waals surface area contributed by atoms with Crippen LogP contribution in [0.2, 0.25) is 0 Å². The van der Waals surface area contributed by atoms with Gasteiger partial charge in [-0.15, -0.1) is 0 Å². The van der Waals surface area contributed by atoms with E-state index in [4.69, 9.17) is 4.74 Å². The Hall–Kier alpha value is -3.37. The van der Waals surface area contributed by atoms with E-state index in [-0.39, 0.29) is 36.8 Å². The van der Waals surface area contributed by atoms with Crippen molar-refractivity contribution in [2.24, 2.45) is 5.92 Å². The van der Waals surface area contributed by atoms with Crippen LogP contribution < -0.4 is 10.6 Å². The fourth-order valence-corrected chi connectivity index (χ4v) is 7.35. The number of methoxy groups -OCH3 is 1. The first-order valence-corrected chi connectivity index (χ1v) is 17.9. The lowest BCUT2D eigenvalue weighted by molar-refractivity contribution is -0.165. The van der Waals surface area contributed by atoms with Crippen molar-refractivity contribution in [3.8, 4) is 0 Å². The van der Waals surface area contributed by atoms with Gasteiger partial charge in [-0.2, -0.15) is 17.5 Å². The predicted molar refractivity (Wildman–Crippen MR) is 183 cm³/mol. The molecule has 0 aliphatic carbocycles. The van der Waals surface area contributed by atoms with E-state index in [9.17, 15) is 41.7 Å². The fraction of sp³-hybridized carbons (Fsp3) is 0.472. The minimum Gasteiger partial charge on any atom is -0.395 e. The van der Waals surface area contributed by atoms with Crippen molar-refractivity contribution in [1.82, 2.24) is 14.9 Å². The summed E-state index contributed by atoms with van der Waals surface area (Å²) in [5.74, 6) is -1.75. The van der Waals surface area contributed by atoms with Crippen molar-refractivity contribution in [2.75, 3.05) is 20.3 Å². The molecule has 0 aliphatic rings.